The zero-order valence-corrected chi connectivity index (χ0v) is 12.5. The Balaban J connectivity index is 1.78. The molecule has 4 heteroatoms. The summed E-state index contributed by atoms with van der Waals surface area (Å²) < 4.78 is 10.3. The van der Waals surface area contributed by atoms with Crippen molar-refractivity contribution in [2.24, 2.45) is 5.92 Å². The molecule has 1 fully saturated rings. The highest BCUT2D eigenvalue weighted by molar-refractivity contribution is 7.99. The molecule has 1 saturated heterocycles. The van der Waals surface area contributed by atoms with E-state index in [1.54, 1.807) is 11.8 Å². The van der Waals surface area contributed by atoms with Crippen molar-refractivity contribution in [1.82, 2.24) is 0 Å². The van der Waals surface area contributed by atoms with Crippen LogP contribution in [0.15, 0.2) is 0 Å². The van der Waals surface area contributed by atoms with Crippen LogP contribution in [0.25, 0.3) is 0 Å². The Bertz CT molecular complexity index is 227. The molecule has 18 heavy (non-hydrogen) atoms. The van der Waals surface area contributed by atoms with E-state index < -0.39 is 0 Å². The van der Waals surface area contributed by atoms with Crippen molar-refractivity contribution in [2.75, 3.05) is 24.7 Å². The van der Waals surface area contributed by atoms with Gasteiger partial charge in [-0.1, -0.05) is 33.1 Å². The summed E-state index contributed by atoms with van der Waals surface area (Å²) in [6.45, 7) is 5.97. The number of hydrogen-bond donors (Lipinski definition) is 0. The third-order valence-corrected chi connectivity index (χ3v) is 3.95. The molecule has 0 saturated carbocycles. The van der Waals surface area contributed by atoms with E-state index in [-0.39, 0.29) is 5.97 Å². The minimum absolute atomic E-state index is 0.0527. The van der Waals surface area contributed by atoms with Gasteiger partial charge >= 0.3 is 5.97 Å². The highest BCUT2D eigenvalue weighted by Gasteiger charge is 2.21. The molecule has 1 unspecified atom stereocenters. The number of esters is 1. The summed E-state index contributed by atoms with van der Waals surface area (Å²) >= 11 is 1.78. The average Bonchev–Trinajstić information content (AvgIpc) is 3.13. The van der Waals surface area contributed by atoms with Crippen LogP contribution < -0.4 is 0 Å². The van der Waals surface area contributed by atoms with E-state index in [0.29, 0.717) is 19.1 Å². The molecule has 0 spiro atoms. The first kappa shape index (κ1) is 15.8. The lowest BCUT2D eigenvalue weighted by atomic mass is 10.1. The number of rotatable bonds is 11. The number of ether oxygens (including phenoxy) is 2. The van der Waals surface area contributed by atoms with Gasteiger partial charge in [0.05, 0.1) is 25.7 Å². The fourth-order valence-corrected chi connectivity index (χ4v) is 2.56. The fourth-order valence-electron chi connectivity index (χ4n) is 1.62. The quantitative estimate of drug-likeness (QED) is 0.329. The molecule has 0 aromatic heterocycles. The fraction of sp³-hybridized carbons (Fsp3) is 0.929. The van der Waals surface area contributed by atoms with E-state index in [2.05, 4.69) is 13.8 Å². The molecule has 0 amide bonds. The second-order valence-corrected chi connectivity index (χ2v) is 6.39. The van der Waals surface area contributed by atoms with Crippen molar-refractivity contribution < 1.29 is 14.3 Å². The Hall–Kier alpha value is -0.220. The smallest absolute Gasteiger partial charge is 0.306 e. The summed E-state index contributed by atoms with van der Waals surface area (Å²) in [4.78, 5) is 11.4. The van der Waals surface area contributed by atoms with Crippen LogP contribution in [-0.4, -0.2) is 36.8 Å². The van der Waals surface area contributed by atoms with Crippen LogP contribution in [-0.2, 0) is 14.3 Å². The number of hydrogen-bond acceptors (Lipinski definition) is 4. The molecule has 0 bridgehead atoms. The molecule has 0 radical (unpaired) electrons. The largest absolute Gasteiger partial charge is 0.466 e. The van der Waals surface area contributed by atoms with Crippen molar-refractivity contribution in [3.8, 4) is 0 Å². The molecule has 0 N–H and O–H groups in total. The summed E-state index contributed by atoms with van der Waals surface area (Å²) in [6, 6.07) is 0. The number of thioether (sulfide) groups is 1. The Morgan fingerprint density at radius 1 is 1.39 bits per heavy atom. The topological polar surface area (TPSA) is 38.8 Å². The summed E-state index contributed by atoms with van der Waals surface area (Å²) in [5, 5.41) is 0. The van der Waals surface area contributed by atoms with Gasteiger partial charge < -0.3 is 9.47 Å². The third kappa shape index (κ3) is 9.77. The molecule has 0 aromatic carbocycles. The van der Waals surface area contributed by atoms with Crippen LogP contribution in [0, 0.1) is 5.92 Å². The maximum Gasteiger partial charge on any atom is 0.306 e. The van der Waals surface area contributed by atoms with Gasteiger partial charge in [-0.15, -0.1) is 0 Å². The van der Waals surface area contributed by atoms with Crippen LogP contribution in [0.1, 0.15) is 46.0 Å². The zero-order valence-electron chi connectivity index (χ0n) is 11.7. The van der Waals surface area contributed by atoms with E-state index in [1.807, 2.05) is 0 Å². The Morgan fingerprint density at radius 2 is 2.17 bits per heavy atom. The highest BCUT2D eigenvalue weighted by atomic mass is 32.2. The first-order chi connectivity index (χ1) is 8.68. The normalized spacial score (nSPS) is 18.1. The summed E-state index contributed by atoms with van der Waals surface area (Å²) in [7, 11) is 0. The van der Waals surface area contributed by atoms with Gasteiger partial charge in [-0.25, -0.2) is 0 Å². The number of unbranched alkanes of at least 4 members (excludes halogenated alkanes) is 2. The average molecular weight is 274 g/mol. The summed E-state index contributed by atoms with van der Waals surface area (Å²) in [5.74, 6) is 2.59. The van der Waals surface area contributed by atoms with Gasteiger partial charge in [0.15, 0.2) is 0 Å². The van der Waals surface area contributed by atoms with Crippen LogP contribution >= 0.6 is 11.8 Å². The summed E-state index contributed by atoms with van der Waals surface area (Å²) in [5.41, 5.74) is 0. The Kier molecular flexibility index (Phi) is 8.51. The standard InChI is InChI=1S/C14H26O3S/c1-12(2)6-4-3-5-8-16-14(15)7-9-18-11-13-10-17-13/h12-13H,3-11H2,1-2H3. The second-order valence-electron chi connectivity index (χ2n) is 5.24. The maximum atomic E-state index is 11.4. The SMILES string of the molecule is CC(C)CCCCCOC(=O)CCSCC1CO1. The zero-order chi connectivity index (χ0) is 13.2. The highest BCUT2D eigenvalue weighted by Crippen LogP contribution is 2.16. The number of carbonyl (C=O) groups is 1. The Morgan fingerprint density at radius 3 is 2.83 bits per heavy atom. The lowest BCUT2D eigenvalue weighted by Crippen LogP contribution is -2.07. The minimum Gasteiger partial charge on any atom is -0.466 e. The van der Waals surface area contributed by atoms with Gasteiger partial charge in [-0.3, -0.25) is 4.79 Å². The molecule has 1 aliphatic rings. The maximum absolute atomic E-state index is 11.4. The minimum atomic E-state index is -0.0527. The predicted octanol–water partition coefficient (Wildman–Crippen LogP) is 3.27. The molecule has 106 valence electrons. The monoisotopic (exact) mass is 274 g/mol. The lowest BCUT2D eigenvalue weighted by molar-refractivity contribution is -0.143. The Labute approximate surface area is 115 Å². The lowest BCUT2D eigenvalue weighted by Gasteiger charge is -2.06. The van der Waals surface area contributed by atoms with Gasteiger partial charge in [0.2, 0.25) is 0 Å². The van der Waals surface area contributed by atoms with E-state index >= 15 is 0 Å². The molecular weight excluding hydrogens is 248 g/mol. The molecule has 0 aliphatic carbocycles. The van der Waals surface area contributed by atoms with Crippen molar-refractivity contribution in [3.63, 3.8) is 0 Å². The molecular formula is C14H26O3S. The van der Waals surface area contributed by atoms with Crippen LogP contribution in [0.5, 0.6) is 0 Å². The second kappa shape index (κ2) is 9.68. The number of carbonyl (C=O) groups excluding carboxylic acids is 1. The van der Waals surface area contributed by atoms with Gasteiger partial charge in [-0.05, 0) is 12.3 Å². The molecule has 1 heterocycles. The van der Waals surface area contributed by atoms with Crippen LogP contribution in [0.3, 0.4) is 0 Å². The molecule has 1 rings (SSSR count). The first-order valence-electron chi connectivity index (χ1n) is 7.03. The van der Waals surface area contributed by atoms with Gasteiger partial charge in [0, 0.05) is 11.5 Å². The summed E-state index contributed by atoms with van der Waals surface area (Å²) in [6.07, 6.45) is 5.66. The van der Waals surface area contributed by atoms with Crippen molar-refractivity contribution in [1.29, 1.82) is 0 Å². The van der Waals surface area contributed by atoms with E-state index in [0.717, 1.165) is 30.5 Å². The predicted molar refractivity (Wildman–Crippen MR) is 75.9 cm³/mol. The van der Waals surface area contributed by atoms with Crippen LogP contribution in [0.4, 0.5) is 0 Å². The van der Waals surface area contributed by atoms with E-state index in [4.69, 9.17) is 9.47 Å². The number of epoxide rings is 1. The van der Waals surface area contributed by atoms with Crippen molar-refractivity contribution >= 4 is 17.7 Å². The molecule has 3 nitrogen and oxygen atoms in total. The molecule has 1 atom stereocenters. The van der Waals surface area contributed by atoms with Crippen molar-refractivity contribution in [3.05, 3.63) is 0 Å². The van der Waals surface area contributed by atoms with Gasteiger partial charge in [0.1, 0.15) is 0 Å². The molecule has 1 aliphatic heterocycles. The van der Waals surface area contributed by atoms with Gasteiger partial charge in [-0.2, -0.15) is 11.8 Å². The van der Waals surface area contributed by atoms with E-state index in [1.165, 1.54) is 19.3 Å². The first-order valence-corrected chi connectivity index (χ1v) is 8.19. The molecule has 0 aromatic rings. The van der Waals surface area contributed by atoms with Crippen molar-refractivity contribution in [2.45, 2.75) is 52.1 Å². The van der Waals surface area contributed by atoms with Gasteiger partial charge in [0.25, 0.3) is 0 Å². The van der Waals surface area contributed by atoms with E-state index in [9.17, 15) is 4.79 Å². The third-order valence-electron chi connectivity index (χ3n) is 2.85. The van der Waals surface area contributed by atoms with Crippen LogP contribution in [0.2, 0.25) is 0 Å².